The normalized spacial score (nSPS) is 9.75. The highest BCUT2D eigenvalue weighted by molar-refractivity contribution is 8.01. The maximum atomic E-state index is 4.50. The van der Waals surface area contributed by atoms with Gasteiger partial charge < -0.3 is 0 Å². The zero-order valence-corrected chi connectivity index (χ0v) is 6.80. The van der Waals surface area contributed by atoms with Crippen LogP contribution in [0.1, 0.15) is 26.2 Å². The fourth-order valence-electron chi connectivity index (χ4n) is 0.448. The third kappa shape index (κ3) is 6.66. The lowest BCUT2D eigenvalue weighted by Crippen LogP contribution is -1.76. The van der Waals surface area contributed by atoms with Gasteiger partial charge in [0.15, 0.2) is 0 Å². The van der Waals surface area contributed by atoms with Gasteiger partial charge in [-0.1, -0.05) is 19.8 Å². The second kappa shape index (κ2) is 7.66. The van der Waals surface area contributed by atoms with E-state index < -0.39 is 0 Å². The SMILES string of the molecule is CCCCCSOS. The first-order valence-electron chi connectivity index (χ1n) is 2.85. The molecule has 8 heavy (non-hydrogen) atoms. The van der Waals surface area contributed by atoms with Gasteiger partial charge in [-0.05, 0) is 19.3 Å². The smallest absolute Gasteiger partial charge is 0.0210 e. The fourth-order valence-corrected chi connectivity index (χ4v) is 1.07. The first kappa shape index (κ1) is 8.66. The lowest BCUT2D eigenvalue weighted by atomic mass is 10.3. The standard InChI is InChI=1S/C5H12OS2/c1-2-3-4-5-8-6-7/h7H,2-5H2,1H3. The molecule has 0 saturated carbocycles. The van der Waals surface area contributed by atoms with E-state index in [1.165, 1.54) is 31.3 Å². The molecule has 0 saturated heterocycles. The molecule has 0 spiro atoms. The summed E-state index contributed by atoms with van der Waals surface area (Å²) >= 11 is 5.00. The van der Waals surface area contributed by atoms with Gasteiger partial charge in [0.1, 0.15) is 0 Å². The quantitative estimate of drug-likeness (QED) is 0.368. The summed E-state index contributed by atoms with van der Waals surface area (Å²) in [7, 11) is 0. The van der Waals surface area contributed by atoms with Gasteiger partial charge in [0.05, 0.1) is 0 Å². The van der Waals surface area contributed by atoms with Crippen molar-refractivity contribution in [1.82, 2.24) is 0 Å². The number of rotatable bonds is 5. The monoisotopic (exact) mass is 152 g/mol. The maximum absolute atomic E-state index is 4.50. The Hall–Kier alpha value is 0.660. The van der Waals surface area contributed by atoms with E-state index in [2.05, 4.69) is 23.5 Å². The van der Waals surface area contributed by atoms with Crippen LogP contribution in [0.4, 0.5) is 0 Å². The number of unbranched alkanes of at least 4 members (excludes halogenated alkanes) is 2. The lowest BCUT2D eigenvalue weighted by molar-refractivity contribution is 0.741. The van der Waals surface area contributed by atoms with Crippen molar-refractivity contribution in [1.29, 1.82) is 0 Å². The molecule has 0 aliphatic carbocycles. The summed E-state index contributed by atoms with van der Waals surface area (Å²) in [6.45, 7) is 2.19. The molecule has 0 aliphatic rings. The summed E-state index contributed by atoms with van der Waals surface area (Å²) in [5.41, 5.74) is 0. The average Bonchev–Trinajstić information content (AvgIpc) is 1.81. The Morgan fingerprint density at radius 2 is 2.25 bits per heavy atom. The molecule has 0 fully saturated rings. The third-order valence-corrected chi connectivity index (χ3v) is 1.76. The summed E-state index contributed by atoms with van der Waals surface area (Å²) in [6.07, 6.45) is 3.80. The summed E-state index contributed by atoms with van der Waals surface area (Å²) in [5.74, 6) is 1.07. The zero-order chi connectivity index (χ0) is 6.24. The Morgan fingerprint density at radius 1 is 1.50 bits per heavy atom. The van der Waals surface area contributed by atoms with Crippen LogP contribution in [0, 0.1) is 0 Å². The molecule has 50 valence electrons. The van der Waals surface area contributed by atoms with Crippen LogP contribution >= 0.6 is 25.0 Å². The molecule has 0 unspecified atom stereocenters. The van der Waals surface area contributed by atoms with Crippen LogP contribution in [-0.2, 0) is 3.63 Å². The van der Waals surface area contributed by atoms with Crippen molar-refractivity contribution in [3.8, 4) is 0 Å². The Morgan fingerprint density at radius 3 is 2.75 bits per heavy atom. The molecule has 0 atom stereocenters. The molecule has 0 aromatic carbocycles. The Bertz CT molecular complexity index is 35.4. The molecular weight excluding hydrogens is 140 g/mol. The van der Waals surface area contributed by atoms with Gasteiger partial charge in [-0.25, -0.2) is 0 Å². The van der Waals surface area contributed by atoms with Crippen molar-refractivity contribution < 1.29 is 3.63 Å². The zero-order valence-electron chi connectivity index (χ0n) is 5.09. The van der Waals surface area contributed by atoms with Crippen LogP contribution in [0.15, 0.2) is 0 Å². The van der Waals surface area contributed by atoms with E-state index in [-0.39, 0.29) is 0 Å². The summed E-state index contributed by atoms with van der Waals surface area (Å²) in [6, 6.07) is 0. The second-order valence-electron chi connectivity index (χ2n) is 1.60. The van der Waals surface area contributed by atoms with E-state index in [4.69, 9.17) is 0 Å². The Labute approximate surface area is 61.0 Å². The average molecular weight is 152 g/mol. The van der Waals surface area contributed by atoms with Crippen molar-refractivity contribution in [3.05, 3.63) is 0 Å². The molecular formula is C5H12OS2. The van der Waals surface area contributed by atoms with Crippen LogP contribution in [0.3, 0.4) is 0 Å². The topological polar surface area (TPSA) is 9.23 Å². The first-order valence-corrected chi connectivity index (χ1v) is 4.12. The minimum Gasteiger partial charge on any atom is -0.250 e. The van der Waals surface area contributed by atoms with Crippen LogP contribution < -0.4 is 0 Å². The minimum absolute atomic E-state index is 1.07. The lowest BCUT2D eigenvalue weighted by Gasteiger charge is -1.92. The van der Waals surface area contributed by atoms with E-state index in [0.29, 0.717) is 0 Å². The van der Waals surface area contributed by atoms with Gasteiger partial charge in [-0.15, -0.1) is 0 Å². The molecule has 1 nitrogen and oxygen atoms in total. The highest BCUT2D eigenvalue weighted by Gasteiger charge is 1.84. The van der Waals surface area contributed by atoms with Crippen molar-refractivity contribution in [3.63, 3.8) is 0 Å². The molecule has 0 aromatic rings. The van der Waals surface area contributed by atoms with E-state index in [1.807, 2.05) is 0 Å². The molecule has 0 amide bonds. The number of hydrogen-bond acceptors (Lipinski definition) is 3. The minimum atomic E-state index is 1.07. The fraction of sp³-hybridized carbons (Fsp3) is 1.00. The van der Waals surface area contributed by atoms with Gasteiger partial charge in [-0.2, -0.15) is 0 Å². The number of hydrogen-bond donors (Lipinski definition) is 1. The molecule has 3 heteroatoms. The van der Waals surface area contributed by atoms with Gasteiger partial charge in [0.2, 0.25) is 0 Å². The van der Waals surface area contributed by atoms with Crippen molar-refractivity contribution in [2.45, 2.75) is 26.2 Å². The van der Waals surface area contributed by atoms with Gasteiger partial charge in [-0.3, -0.25) is 3.63 Å². The summed E-state index contributed by atoms with van der Waals surface area (Å²) in [4.78, 5) is 0. The maximum Gasteiger partial charge on any atom is 0.0210 e. The molecule has 0 aromatic heterocycles. The van der Waals surface area contributed by atoms with Gasteiger partial charge in [0.25, 0.3) is 0 Å². The highest BCUT2D eigenvalue weighted by Crippen LogP contribution is 2.08. The molecule has 0 heterocycles. The summed E-state index contributed by atoms with van der Waals surface area (Å²) in [5, 5.41) is 0. The second-order valence-corrected chi connectivity index (χ2v) is 2.84. The molecule has 0 radical (unpaired) electrons. The van der Waals surface area contributed by atoms with E-state index >= 15 is 0 Å². The van der Waals surface area contributed by atoms with Crippen LogP contribution in [0.25, 0.3) is 0 Å². The molecule has 0 aliphatic heterocycles. The van der Waals surface area contributed by atoms with Crippen LogP contribution in [-0.4, -0.2) is 5.75 Å². The van der Waals surface area contributed by atoms with E-state index in [1.54, 1.807) is 0 Å². The molecule has 0 rings (SSSR count). The largest absolute Gasteiger partial charge is 0.250 e. The predicted octanol–water partition coefficient (Wildman–Crippen LogP) is 2.69. The predicted molar refractivity (Wildman–Crippen MR) is 42.1 cm³/mol. The van der Waals surface area contributed by atoms with Crippen molar-refractivity contribution in [2.24, 2.45) is 0 Å². The Balaban J connectivity index is 2.53. The number of thiol groups is 1. The third-order valence-electron chi connectivity index (χ3n) is 0.884. The van der Waals surface area contributed by atoms with E-state index in [0.717, 1.165) is 5.75 Å². The van der Waals surface area contributed by atoms with Crippen molar-refractivity contribution in [2.75, 3.05) is 5.75 Å². The highest BCUT2D eigenvalue weighted by atomic mass is 32.2. The molecule has 0 bridgehead atoms. The Kier molecular flexibility index (Phi) is 8.29. The van der Waals surface area contributed by atoms with Crippen molar-refractivity contribution >= 4 is 25.0 Å². The summed E-state index contributed by atoms with van der Waals surface area (Å²) < 4.78 is 4.50. The van der Waals surface area contributed by atoms with E-state index in [9.17, 15) is 0 Å². The van der Waals surface area contributed by atoms with Crippen LogP contribution in [0.2, 0.25) is 0 Å². The van der Waals surface area contributed by atoms with Crippen LogP contribution in [0.5, 0.6) is 0 Å². The first-order chi connectivity index (χ1) is 3.91. The molecule has 0 N–H and O–H groups in total. The van der Waals surface area contributed by atoms with Gasteiger partial charge in [0, 0.05) is 17.8 Å². The van der Waals surface area contributed by atoms with Gasteiger partial charge >= 0.3 is 0 Å².